The Kier molecular flexibility index (Phi) is 6.50. The number of likely N-dealkylation sites (tertiary alicyclic amines) is 1. The molecule has 196 valence electrons. The van der Waals surface area contributed by atoms with Gasteiger partial charge in [-0.1, -0.05) is 18.2 Å². The van der Waals surface area contributed by atoms with Crippen LogP contribution in [0, 0.1) is 5.92 Å². The molecule has 0 radical (unpaired) electrons. The number of aryl methyl sites for hydroxylation is 1. The average molecular weight is 514 g/mol. The lowest BCUT2D eigenvalue weighted by Gasteiger charge is -2.30. The summed E-state index contributed by atoms with van der Waals surface area (Å²) in [5.41, 5.74) is 4.91. The number of β-amino-alcohol motifs (C(OH)–C–C–N with tert-alkyl or cyclic N) is 2. The minimum Gasteiger partial charge on any atom is -0.388 e. The molecule has 1 amide bonds. The van der Waals surface area contributed by atoms with Crippen LogP contribution < -0.4 is 0 Å². The van der Waals surface area contributed by atoms with Crippen LogP contribution in [0.2, 0.25) is 0 Å². The number of nitrogens with zero attached hydrogens (tertiary/aromatic N) is 7. The molecule has 2 fully saturated rings. The predicted octanol–water partition coefficient (Wildman–Crippen LogP) is 2.70. The molecule has 2 N–H and O–H groups in total. The molecule has 6 rings (SSSR count). The Bertz CT molecular complexity index is 1410. The molecule has 1 aliphatic heterocycles. The maximum absolute atomic E-state index is 12.8. The third kappa shape index (κ3) is 4.84. The Morgan fingerprint density at radius 2 is 1.47 bits per heavy atom. The fraction of sp³-hybridized carbons (Fsp3) is 0.393. The fourth-order valence-electron chi connectivity index (χ4n) is 5.52. The number of aliphatic hydroxyl groups excluding tert-OH is 2. The molecule has 3 aromatic heterocycles. The largest absolute Gasteiger partial charge is 0.388 e. The van der Waals surface area contributed by atoms with E-state index in [1.807, 2.05) is 67.1 Å². The van der Waals surface area contributed by atoms with E-state index in [1.54, 1.807) is 9.58 Å². The number of amides is 1. The van der Waals surface area contributed by atoms with Crippen LogP contribution in [0.5, 0.6) is 0 Å². The second-order valence-electron chi connectivity index (χ2n) is 10.4. The highest BCUT2D eigenvalue weighted by Gasteiger charge is 2.37. The van der Waals surface area contributed by atoms with Gasteiger partial charge in [0.25, 0.3) is 0 Å². The van der Waals surface area contributed by atoms with E-state index >= 15 is 0 Å². The summed E-state index contributed by atoms with van der Waals surface area (Å²) in [4.78, 5) is 23.6. The number of hydrogen-bond donors (Lipinski definition) is 2. The van der Waals surface area contributed by atoms with E-state index in [0.29, 0.717) is 5.82 Å². The van der Waals surface area contributed by atoms with Crippen molar-refractivity contribution in [3.63, 3.8) is 0 Å². The Morgan fingerprint density at radius 1 is 0.816 bits per heavy atom. The second-order valence-corrected chi connectivity index (χ2v) is 10.4. The highest BCUT2D eigenvalue weighted by atomic mass is 16.3. The molecule has 10 heteroatoms. The van der Waals surface area contributed by atoms with Gasteiger partial charge in [0.05, 0.1) is 30.6 Å². The van der Waals surface area contributed by atoms with Crippen molar-refractivity contribution < 1.29 is 15.0 Å². The number of benzene rings is 1. The van der Waals surface area contributed by atoms with E-state index in [4.69, 9.17) is 0 Å². The summed E-state index contributed by atoms with van der Waals surface area (Å²) >= 11 is 0. The number of carbonyl (C=O) groups excluding carboxylic acids is 1. The van der Waals surface area contributed by atoms with Gasteiger partial charge in [0, 0.05) is 73.1 Å². The monoisotopic (exact) mass is 513 g/mol. The van der Waals surface area contributed by atoms with Gasteiger partial charge in [-0.3, -0.25) is 14.2 Å². The van der Waals surface area contributed by atoms with Gasteiger partial charge in [-0.25, -0.2) is 9.97 Å². The summed E-state index contributed by atoms with van der Waals surface area (Å²) in [7, 11) is 1.90. The third-order valence-electron chi connectivity index (χ3n) is 7.74. The summed E-state index contributed by atoms with van der Waals surface area (Å²) < 4.78 is 3.77. The molecule has 2 atom stereocenters. The van der Waals surface area contributed by atoms with E-state index in [9.17, 15) is 15.0 Å². The molecule has 0 bridgehead atoms. The van der Waals surface area contributed by atoms with Crippen LogP contribution in [0.1, 0.15) is 31.7 Å². The van der Waals surface area contributed by atoms with Crippen molar-refractivity contribution in [3.8, 4) is 33.6 Å². The summed E-state index contributed by atoms with van der Waals surface area (Å²) in [6.07, 6.45) is 12.9. The molecule has 1 aliphatic carbocycles. The van der Waals surface area contributed by atoms with Crippen LogP contribution in [0.15, 0.2) is 61.4 Å². The first-order valence-electron chi connectivity index (χ1n) is 13.1. The summed E-state index contributed by atoms with van der Waals surface area (Å²) in [5, 5.41) is 28.4. The van der Waals surface area contributed by atoms with Gasteiger partial charge >= 0.3 is 0 Å². The molecule has 1 saturated heterocycles. The molecular weight excluding hydrogens is 482 g/mol. The van der Waals surface area contributed by atoms with Crippen molar-refractivity contribution in [1.29, 1.82) is 0 Å². The van der Waals surface area contributed by atoms with Crippen molar-refractivity contribution in [1.82, 2.24) is 34.4 Å². The van der Waals surface area contributed by atoms with Gasteiger partial charge in [-0.2, -0.15) is 10.2 Å². The molecule has 10 nitrogen and oxygen atoms in total. The zero-order valence-electron chi connectivity index (χ0n) is 21.3. The number of carbonyl (C=O) groups is 1. The first kappa shape index (κ1) is 24.4. The zero-order valence-corrected chi connectivity index (χ0v) is 21.3. The van der Waals surface area contributed by atoms with Crippen molar-refractivity contribution >= 4 is 5.91 Å². The second kappa shape index (κ2) is 10.1. The maximum Gasteiger partial charge on any atom is 0.225 e. The lowest BCUT2D eigenvalue weighted by Crippen LogP contribution is -2.37. The van der Waals surface area contributed by atoms with Crippen LogP contribution in [-0.2, 0) is 11.8 Å². The third-order valence-corrected chi connectivity index (χ3v) is 7.74. The normalized spacial score (nSPS) is 23.6. The highest BCUT2D eigenvalue weighted by molar-refractivity contribution is 5.79. The van der Waals surface area contributed by atoms with E-state index in [0.717, 1.165) is 53.5 Å². The standard InChI is InChI=1S/C28H31N7O3/c1-33-14-22(12-31-33)19-3-2-4-20(9-19)27-29-10-21(11-30-27)23-13-32-35(15-23)24-7-5-18(6-8-24)28(38)34-16-25(36)26(37)17-34/h2-4,9-15,18,24-26,36-37H,5-8,16-17H2,1H3/t18-,24-,25-,26-/m0/s1. The van der Waals surface area contributed by atoms with Gasteiger partial charge < -0.3 is 15.1 Å². The summed E-state index contributed by atoms with van der Waals surface area (Å²) in [5.74, 6) is 0.646. The number of hydrogen-bond acceptors (Lipinski definition) is 7. The van der Waals surface area contributed by atoms with Crippen LogP contribution in [-0.4, -0.2) is 75.8 Å². The Balaban J connectivity index is 1.09. The van der Waals surface area contributed by atoms with Crippen molar-refractivity contribution in [2.75, 3.05) is 13.1 Å². The molecule has 0 unspecified atom stereocenters. The van der Waals surface area contributed by atoms with E-state index in [2.05, 4.69) is 26.2 Å². The van der Waals surface area contributed by atoms with Crippen molar-refractivity contribution in [3.05, 3.63) is 61.4 Å². The molecule has 0 spiro atoms. The number of aliphatic hydroxyl groups is 2. The molecule has 38 heavy (non-hydrogen) atoms. The van der Waals surface area contributed by atoms with Crippen molar-refractivity contribution in [2.45, 2.75) is 43.9 Å². The minimum absolute atomic E-state index is 0.0448. The molecule has 4 heterocycles. The van der Waals surface area contributed by atoms with E-state index < -0.39 is 12.2 Å². The molecule has 1 saturated carbocycles. The van der Waals surface area contributed by atoms with Crippen LogP contribution in [0.4, 0.5) is 0 Å². The lowest BCUT2D eigenvalue weighted by molar-refractivity contribution is -0.136. The Labute approximate surface area is 220 Å². The van der Waals surface area contributed by atoms with Gasteiger partial charge in [-0.15, -0.1) is 0 Å². The molecule has 2 aliphatic rings. The average Bonchev–Trinajstić information content (AvgIpc) is 3.69. The van der Waals surface area contributed by atoms with Gasteiger partial charge in [0.2, 0.25) is 5.91 Å². The zero-order chi connectivity index (χ0) is 26.2. The maximum atomic E-state index is 12.8. The minimum atomic E-state index is -0.840. The van der Waals surface area contributed by atoms with Crippen molar-refractivity contribution in [2.24, 2.45) is 13.0 Å². The Morgan fingerprint density at radius 3 is 2.16 bits per heavy atom. The van der Waals surface area contributed by atoms with Crippen LogP contribution in [0.3, 0.4) is 0 Å². The smallest absolute Gasteiger partial charge is 0.225 e. The number of rotatable bonds is 5. The first-order valence-corrected chi connectivity index (χ1v) is 13.1. The quantitative estimate of drug-likeness (QED) is 0.421. The van der Waals surface area contributed by atoms with Gasteiger partial charge in [0.1, 0.15) is 0 Å². The molecule has 1 aromatic carbocycles. The fourth-order valence-corrected chi connectivity index (χ4v) is 5.52. The summed E-state index contributed by atoms with van der Waals surface area (Å²) in [6.45, 7) is 0.443. The topological polar surface area (TPSA) is 122 Å². The van der Waals surface area contributed by atoms with Gasteiger partial charge in [0.15, 0.2) is 5.82 Å². The lowest BCUT2D eigenvalue weighted by atomic mass is 9.85. The molecule has 4 aromatic rings. The van der Waals surface area contributed by atoms with E-state index in [1.165, 1.54) is 0 Å². The SMILES string of the molecule is Cn1cc(-c2cccc(-c3ncc(-c4cnn([C@H]5CC[C@H](C(=O)N6C[C@H](O)[C@@H](O)C6)CC5)c4)cn3)c2)cn1. The summed E-state index contributed by atoms with van der Waals surface area (Å²) in [6, 6.07) is 8.35. The predicted molar refractivity (Wildman–Crippen MR) is 140 cm³/mol. The van der Waals surface area contributed by atoms with Crippen LogP contribution >= 0.6 is 0 Å². The molecular formula is C28H31N7O3. The van der Waals surface area contributed by atoms with Crippen LogP contribution in [0.25, 0.3) is 33.6 Å². The number of aromatic nitrogens is 6. The first-order chi connectivity index (χ1) is 18.4. The van der Waals surface area contributed by atoms with E-state index in [-0.39, 0.29) is 31.0 Å². The Hall–Kier alpha value is -3.89. The van der Waals surface area contributed by atoms with Gasteiger partial charge in [-0.05, 0) is 37.3 Å². The highest BCUT2D eigenvalue weighted by Crippen LogP contribution is 2.34.